The highest BCUT2D eigenvalue weighted by atomic mass is 79.9. The summed E-state index contributed by atoms with van der Waals surface area (Å²) in [5.41, 5.74) is 9.32. The van der Waals surface area contributed by atoms with E-state index >= 15 is 0 Å². The van der Waals surface area contributed by atoms with E-state index in [4.69, 9.17) is 22.1 Å². The van der Waals surface area contributed by atoms with E-state index in [0.717, 1.165) is 31.4 Å². The van der Waals surface area contributed by atoms with Gasteiger partial charge < -0.3 is 10.5 Å². The molecular formula is C15H14Br2ClNO. The third-order valence-electron chi connectivity index (χ3n) is 3.15. The van der Waals surface area contributed by atoms with E-state index in [1.807, 2.05) is 37.3 Å². The van der Waals surface area contributed by atoms with Gasteiger partial charge in [0.25, 0.3) is 0 Å². The molecule has 0 aliphatic rings. The first-order valence-electron chi connectivity index (χ1n) is 5.98. The maximum atomic E-state index is 6.36. The standard InChI is InChI=1S/C15H14Br2ClNO/c1-8-5-14(20-2)10(7-12(8)17)15(19)9-3-4-11(16)13(18)6-9/h3-7,15H,19H2,1-2H3. The molecule has 0 aromatic heterocycles. The molecule has 0 bridgehead atoms. The smallest absolute Gasteiger partial charge is 0.124 e. The minimum atomic E-state index is -0.299. The fourth-order valence-corrected chi connectivity index (χ4v) is 2.77. The van der Waals surface area contributed by atoms with E-state index in [1.54, 1.807) is 7.11 Å². The third kappa shape index (κ3) is 3.19. The van der Waals surface area contributed by atoms with Gasteiger partial charge in [-0.15, -0.1) is 0 Å². The van der Waals surface area contributed by atoms with E-state index in [1.165, 1.54) is 0 Å². The van der Waals surface area contributed by atoms with Crippen molar-refractivity contribution < 1.29 is 4.74 Å². The van der Waals surface area contributed by atoms with Gasteiger partial charge in [-0.1, -0.05) is 33.6 Å². The molecule has 0 saturated carbocycles. The van der Waals surface area contributed by atoms with Gasteiger partial charge in [0.1, 0.15) is 5.75 Å². The summed E-state index contributed by atoms with van der Waals surface area (Å²) in [6.45, 7) is 2.01. The van der Waals surface area contributed by atoms with Crippen LogP contribution in [-0.4, -0.2) is 7.11 Å². The van der Waals surface area contributed by atoms with Crippen LogP contribution in [0.2, 0.25) is 5.02 Å². The van der Waals surface area contributed by atoms with Gasteiger partial charge in [-0.2, -0.15) is 0 Å². The van der Waals surface area contributed by atoms with Crippen LogP contribution in [-0.2, 0) is 0 Å². The van der Waals surface area contributed by atoms with Crippen LogP contribution >= 0.6 is 43.5 Å². The first kappa shape index (κ1) is 15.8. The lowest BCUT2D eigenvalue weighted by molar-refractivity contribution is 0.407. The lowest BCUT2D eigenvalue weighted by atomic mass is 9.97. The normalized spacial score (nSPS) is 12.3. The van der Waals surface area contributed by atoms with Crippen molar-refractivity contribution in [1.29, 1.82) is 0 Å². The fraction of sp³-hybridized carbons (Fsp3) is 0.200. The summed E-state index contributed by atoms with van der Waals surface area (Å²) in [4.78, 5) is 0. The molecule has 5 heteroatoms. The lowest BCUT2D eigenvalue weighted by Crippen LogP contribution is -2.13. The molecule has 2 N–H and O–H groups in total. The van der Waals surface area contributed by atoms with Crippen LogP contribution in [0.1, 0.15) is 22.7 Å². The SMILES string of the molecule is COc1cc(C)c(Br)cc1C(N)c1ccc(Br)c(Cl)c1. The van der Waals surface area contributed by atoms with Crippen molar-refractivity contribution in [2.24, 2.45) is 5.73 Å². The van der Waals surface area contributed by atoms with E-state index in [0.29, 0.717) is 5.02 Å². The van der Waals surface area contributed by atoms with Gasteiger partial charge in [-0.05, 0) is 58.2 Å². The van der Waals surface area contributed by atoms with E-state index in [-0.39, 0.29) is 6.04 Å². The van der Waals surface area contributed by atoms with Gasteiger partial charge in [-0.3, -0.25) is 0 Å². The van der Waals surface area contributed by atoms with Crippen molar-refractivity contribution in [3.8, 4) is 5.75 Å². The van der Waals surface area contributed by atoms with Crippen molar-refractivity contribution in [3.63, 3.8) is 0 Å². The molecule has 0 aliphatic carbocycles. The number of methoxy groups -OCH3 is 1. The zero-order valence-corrected chi connectivity index (χ0v) is 15.0. The Balaban J connectivity index is 2.49. The zero-order valence-electron chi connectivity index (χ0n) is 11.1. The fourth-order valence-electron chi connectivity index (χ4n) is 1.98. The molecule has 0 saturated heterocycles. The number of rotatable bonds is 3. The predicted molar refractivity (Wildman–Crippen MR) is 90.6 cm³/mol. The minimum absolute atomic E-state index is 0.299. The van der Waals surface area contributed by atoms with Gasteiger partial charge >= 0.3 is 0 Å². The van der Waals surface area contributed by atoms with Crippen LogP contribution < -0.4 is 10.5 Å². The monoisotopic (exact) mass is 417 g/mol. The predicted octanol–water partition coefficient (Wildman–Crippen LogP) is 5.23. The molecule has 0 spiro atoms. The highest BCUT2D eigenvalue weighted by molar-refractivity contribution is 9.10. The van der Waals surface area contributed by atoms with E-state index < -0.39 is 0 Å². The van der Waals surface area contributed by atoms with Crippen LogP contribution in [0.15, 0.2) is 39.3 Å². The number of halogens is 3. The molecular weight excluding hydrogens is 405 g/mol. The van der Waals surface area contributed by atoms with Gasteiger partial charge in [-0.25, -0.2) is 0 Å². The van der Waals surface area contributed by atoms with Gasteiger partial charge in [0.2, 0.25) is 0 Å². The lowest BCUT2D eigenvalue weighted by Gasteiger charge is -2.18. The number of nitrogens with two attached hydrogens (primary N) is 1. The van der Waals surface area contributed by atoms with Crippen molar-refractivity contribution >= 4 is 43.5 Å². The summed E-state index contributed by atoms with van der Waals surface area (Å²) in [5.74, 6) is 0.775. The Morgan fingerprint density at radius 3 is 2.45 bits per heavy atom. The summed E-state index contributed by atoms with van der Waals surface area (Å²) >= 11 is 13.0. The van der Waals surface area contributed by atoms with E-state index in [9.17, 15) is 0 Å². The summed E-state index contributed by atoms with van der Waals surface area (Å²) in [6, 6.07) is 9.38. The maximum absolute atomic E-state index is 6.36. The average molecular weight is 420 g/mol. The Morgan fingerprint density at radius 2 is 1.85 bits per heavy atom. The van der Waals surface area contributed by atoms with E-state index in [2.05, 4.69) is 31.9 Å². The van der Waals surface area contributed by atoms with Crippen molar-refractivity contribution in [2.75, 3.05) is 7.11 Å². The summed E-state index contributed by atoms with van der Waals surface area (Å²) in [6.07, 6.45) is 0. The first-order valence-corrected chi connectivity index (χ1v) is 7.95. The van der Waals surface area contributed by atoms with Crippen LogP contribution in [0, 0.1) is 6.92 Å². The molecule has 1 unspecified atom stereocenters. The molecule has 2 nitrogen and oxygen atoms in total. The molecule has 20 heavy (non-hydrogen) atoms. The molecule has 0 radical (unpaired) electrons. The first-order chi connectivity index (χ1) is 9.43. The summed E-state index contributed by atoms with van der Waals surface area (Å²) < 4.78 is 7.29. The second-order valence-electron chi connectivity index (χ2n) is 4.49. The molecule has 2 rings (SSSR count). The van der Waals surface area contributed by atoms with Crippen molar-refractivity contribution in [1.82, 2.24) is 0 Å². The van der Waals surface area contributed by atoms with Crippen molar-refractivity contribution in [2.45, 2.75) is 13.0 Å². The molecule has 1 atom stereocenters. The van der Waals surface area contributed by atoms with Crippen LogP contribution in [0.4, 0.5) is 0 Å². The topological polar surface area (TPSA) is 35.2 Å². The van der Waals surface area contributed by atoms with Gasteiger partial charge in [0, 0.05) is 14.5 Å². The van der Waals surface area contributed by atoms with Gasteiger partial charge in [0.05, 0.1) is 18.2 Å². The number of benzene rings is 2. The Morgan fingerprint density at radius 1 is 1.15 bits per heavy atom. The highest BCUT2D eigenvalue weighted by Crippen LogP contribution is 2.35. The molecule has 0 fully saturated rings. The average Bonchev–Trinajstić information content (AvgIpc) is 2.43. The molecule has 0 heterocycles. The molecule has 106 valence electrons. The molecule has 2 aromatic rings. The molecule has 0 aliphatic heterocycles. The van der Waals surface area contributed by atoms with Crippen LogP contribution in [0.25, 0.3) is 0 Å². The number of ether oxygens (including phenoxy) is 1. The number of hydrogen-bond acceptors (Lipinski definition) is 2. The summed E-state index contributed by atoms with van der Waals surface area (Å²) in [7, 11) is 1.65. The zero-order chi connectivity index (χ0) is 14.9. The maximum Gasteiger partial charge on any atom is 0.124 e. The summed E-state index contributed by atoms with van der Waals surface area (Å²) in [5, 5.41) is 0.642. The second kappa shape index (κ2) is 6.48. The molecule has 0 amide bonds. The number of aryl methyl sites for hydroxylation is 1. The Labute approximate surface area is 140 Å². The van der Waals surface area contributed by atoms with Crippen LogP contribution in [0.5, 0.6) is 5.75 Å². The Hall–Kier alpha value is -0.550. The van der Waals surface area contributed by atoms with Crippen LogP contribution in [0.3, 0.4) is 0 Å². The minimum Gasteiger partial charge on any atom is -0.496 e. The molecule has 2 aromatic carbocycles. The van der Waals surface area contributed by atoms with Crippen molar-refractivity contribution in [3.05, 3.63) is 61.0 Å². The third-order valence-corrected chi connectivity index (χ3v) is 5.24. The quantitative estimate of drug-likeness (QED) is 0.739. The number of hydrogen-bond donors (Lipinski definition) is 1. The highest BCUT2D eigenvalue weighted by Gasteiger charge is 2.16. The second-order valence-corrected chi connectivity index (χ2v) is 6.61. The Kier molecular flexibility index (Phi) is 5.13. The Bertz CT molecular complexity index is 646. The largest absolute Gasteiger partial charge is 0.496 e. The van der Waals surface area contributed by atoms with Gasteiger partial charge in [0.15, 0.2) is 0 Å².